The third-order valence-corrected chi connectivity index (χ3v) is 5.16. The van der Waals surface area contributed by atoms with Gasteiger partial charge in [-0.2, -0.15) is 0 Å². The largest absolute Gasteiger partial charge is 0.441 e. The fourth-order valence-electron chi connectivity index (χ4n) is 2.95. The SMILES string of the molecule is O=C1C=CC2(C=C1)OC(=O)C(Sc1ccccc1)=C2c1ccccc1. The molecule has 2 aromatic carbocycles. The van der Waals surface area contributed by atoms with Crippen LogP contribution >= 0.6 is 11.8 Å². The van der Waals surface area contributed by atoms with Gasteiger partial charge in [-0.15, -0.1) is 0 Å². The third kappa shape index (κ3) is 2.85. The van der Waals surface area contributed by atoms with E-state index in [1.807, 2.05) is 60.7 Å². The lowest BCUT2D eigenvalue weighted by atomic mass is 9.85. The summed E-state index contributed by atoms with van der Waals surface area (Å²) in [6.07, 6.45) is 6.22. The molecule has 2 aliphatic rings. The van der Waals surface area contributed by atoms with E-state index in [0.29, 0.717) is 4.91 Å². The zero-order chi connectivity index (χ0) is 17.3. The number of allylic oxidation sites excluding steroid dienone is 2. The number of hydrogen-bond acceptors (Lipinski definition) is 4. The number of ketones is 1. The molecule has 1 heterocycles. The van der Waals surface area contributed by atoms with Crippen LogP contribution in [-0.2, 0) is 14.3 Å². The van der Waals surface area contributed by atoms with Crippen LogP contribution in [0.1, 0.15) is 5.56 Å². The minimum Gasteiger partial charge on any atom is -0.441 e. The Morgan fingerprint density at radius 3 is 2.04 bits per heavy atom. The van der Waals surface area contributed by atoms with Gasteiger partial charge in [-0.05, 0) is 42.0 Å². The molecule has 0 saturated carbocycles. The molecule has 0 atom stereocenters. The van der Waals surface area contributed by atoms with E-state index in [0.717, 1.165) is 16.0 Å². The van der Waals surface area contributed by atoms with Gasteiger partial charge >= 0.3 is 5.97 Å². The topological polar surface area (TPSA) is 43.4 Å². The van der Waals surface area contributed by atoms with Gasteiger partial charge in [-0.25, -0.2) is 4.79 Å². The number of rotatable bonds is 3. The second-order valence-electron chi connectivity index (χ2n) is 5.74. The summed E-state index contributed by atoms with van der Waals surface area (Å²) >= 11 is 1.38. The first-order valence-corrected chi connectivity index (χ1v) is 8.68. The Hall–Kier alpha value is -2.85. The van der Waals surface area contributed by atoms with Crippen molar-refractivity contribution in [2.75, 3.05) is 0 Å². The number of carbonyl (C=O) groups excluding carboxylic acids is 2. The van der Waals surface area contributed by atoms with Crippen molar-refractivity contribution < 1.29 is 14.3 Å². The molecule has 0 unspecified atom stereocenters. The normalized spacial score (nSPS) is 18.1. The van der Waals surface area contributed by atoms with Crippen LogP contribution in [0.2, 0.25) is 0 Å². The molecule has 1 aliphatic heterocycles. The van der Waals surface area contributed by atoms with Gasteiger partial charge in [0.15, 0.2) is 11.4 Å². The number of esters is 1. The van der Waals surface area contributed by atoms with E-state index in [-0.39, 0.29) is 11.8 Å². The van der Waals surface area contributed by atoms with Gasteiger partial charge in [-0.3, -0.25) is 4.79 Å². The Morgan fingerprint density at radius 2 is 1.40 bits per heavy atom. The monoisotopic (exact) mass is 346 g/mol. The molecule has 0 N–H and O–H groups in total. The average Bonchev–Trinajstić information content (AvgIpc) is 2.91. The first-order chi connectivity index (χ1) is 12.2. The van der Waals surface area contributed by atoms with Gasteiger partial charge in [0.25, 0.3) is 0 Å². The van der Waals surface area contributed by atoms with Crippen molar-refractivity contribution in [3.05, 3.63) is 95.4 Å². The van der Waals surface area contributed by atoms with Gasteiger partial charge in [0, 0.05) is 10.5 Å². The van der Waals surface area contributed by atoms with Crippen LogP contribution < -0.4 is 0 Å². The Labute approximate surface area is 149 Å². The van der Waals surface area contributed by atoms with Crippen LogP contribution in [0, 0.1) is 0 Å². The van der Waals surface area contributed by atoms with Crippen molar-refractivity contribution in [3.63, 3.8) is 0 Å². The first-order valence-electron chi connectivity index (χ1n) is 7.87. The molecule has 25 heavy (non-hydrogen) atoms. The van der Waals surface area contributed by atoms with Crippen LogP contribution in [0.25, 0.3) is 5.57 Å². The Balaban J connectivity index is 1.88. The second-order valence-corrected chi connectivity index (χ2v) is 6.82. The maximum Gasteiger partial charge on any atom is 0.347 e. The summed E-state index contributed by atoms with van der Waals surface area (Å²) in [5, 5.41) is 0. The summed E-state index contributed by atoms with van der Waals surface area (Å²) in [6, 6.07) is 19.4. The Morgan fingerprint density at radius 1 is 0.800 bits per heavy atom. The molecule has 0 fully saturated rings. The quantitative estimate of drug-likeness (QED) is 0.782. The number of thioether (sulfide) groups is 1. The molecule has 122 valence electrons. The van der Waals surface area contributed by atoms with Gasteiger partial charge in [0.05, 0.1) is 0 Å². The molecule has 0 radical (unpaired) electrons. The average molecular weight is 346 g/mol. The van der Waals surface area contributed by atoms with Gasteiger partial charge < -0.3 is 4.74 Å². The van der Waals surface area contributed by atoms with Gasteiger partial charge in [0.1, 0.15) is 4.91 Å². The van der Waals surface area contributed by atoms with Crippen molar-refractivity contribution in [1.29, 1.82) is 0 Å². The highest BCUT2D eigenvalue weighted by Crippen LogP contribution is 2.48. The van der Waals surface area contributed by atoms with E-state index in [1.54, 1.807) is 12.2 Å². The highest BCUT2D eigenvalue weighted by molar-refractivity contribution is 8.04. The molecule has 0 aromatic heterocycles. The van der Waals surface area contributed by atoms with Crippen LogP contribution in [0.3, 0.4) is 0 Å². The number of hydrogen-bond donors (Lipinski definition) is 0. The van der Waals surface area contributed by atoms with Crippen molar-refractivity contribution in [1.82, 2.24) is 0 Å². The lowest BCUT2D eigenvalue weighted by Gasteiger charge is -2.26. The third-order valence-electron chi connectivity index (χ3n) is 4.08. The fraction of sp³-hybridized carbons (Fsp3) is 0.0476. The fourth-order valence-corrected chi connectivity index (χ4v) is 3.98. The minimum absolute atomic E-state index is 0.113. The van der Waals surface area contributed by atoms with Crippen molar-refractivity contribution in [2.24, 2.45) is 0 Å². The molecule has 2 aromatic rings. The van der Waals surface area contributed by atoms with Gasteiger partial charge in [0.2, 0.25) is 0 Å². The lowest BCUT2D eigenvalue weighted by molar-refractivity contribution is -0.140. The van der Waals surface area contributed by atoms with E-state index in [2.05, 4.69) is 0 Å². The highest BCUT2D eigenvalue weighted by atomic mass is 32.2. The molecular formula is C21H14O3S. The summed E-state index contributed by atoms with van der Waals surface area (Å²) in [5.74, 6) is -0.491. The van der Waals surface area contributed by atoms with Gasteiger partial charge in [-0.1, -0.05) is 60.3 Å². The summed E-state index contributed by atoms with van der Waals surface area (Å²) in [7, 11) is 0. The van der Waals surface area contributed by atoms with Crippen LogP contribution in [0.4, 0.5) is 0 Å². The molecule has 0 amide bonds. The number of benzene rings is 2. The van der Waals surface area contributed by atoms with E-state index < -0.39 is 5.60 Å². The van der Waals surface area contributed by atoms with Crippen LogP contribution in [0.15, 0.2) is 94.8 Å². The zero-order valence-electron chi connectivity index (χ0n) is 13.2. The van der Waals surface area contributed by atoms with E-state index >= 15 is 0 Å². The summed E-state index contributed by atoms with van der Waals surface area (Å²) in [4.78, 5) is 25.7. The molecule has 0 saturated heterocycles. The first kappa shape index (κ1) is 15.7. The molecule has 4 heteroatoms. The maximum absolute atomic E-state index is 12.7. The predicted molar refractivity (Wildman–Crippen MR) is 97.8 cm³/mol. The van der Waals surface area contributed by atoms with Crippen molar-refractivity contribution >= 4 is 29.1 Å². The Bertz CT molecular complexity index is 908. The van der Waals surface area contributed by atoms with Crippen LogP contribution in [0.5, 0.6) is 0 Å². The van der Waals surface area contributed by atoms with Crippen LogP contribution in [-0.4, -0.2) is 17.4 Å². The number of ether oxygens (including phenoxy) is 1. The minimum atomic E-state index is -1.02. The van der Waals surface area contributed by atoms with Crippen molar-refractivity contribution in [3.8, 4) is 0 Å². The number of carbonyl (C=O) groups is 2. The molecule has 1 aliphatic carbocycles. The smallest absolute Gasteiger partial charge is 0.347 e. The summed E-state index contributed by atoms with van der Waals surface area (Å²) < 4.78 is 5.73. The molecule has 0 bridgehead atoms. The zero-order valence-corrected chi connectivity index (χ0v) is 14.0. The standard InChI is InChI=1S/C21H14O3S/c22-16-11-13-21(14-12-16)18(15-7-3-1-4-8-15)19(20(23)24-21)25-17-9-5-2-6-10-17/h1-14H. The highest BCUT2D eigenvalue weighted by Gasteiger charge is 2.46. The molecule has 4 rings (SSSR count). The molecule has 1 spiro atoms. The predicted octanol–water partition coefficient (Wildman–Crippen LogP) is 4.18. The Kier molecular flexibility index (Phi) is 3.90. The molecular weight excluding hydrogens is 332 g/mol. The second kappa shape index (κ2) is 6.22. The molecule has 3 nitrogen and oxygen atoms in total. The lowest BCUT2D eigenvalue weighted by Crippen LogP contribution is -2.28. The summed E-state index contributed by atoms with van der Waals surface area (Å²) in [6.45, 7) is 0. The maximum atomic E-state index is 12.7. The van der Waals surface area contributed by atoms with E-state index in [9.17, 15) is 9.59 Å². The van der Waals surface area contributed by atoms with E-state index in [4.69, 9.17) is 4.74 Å². The van der Waals surface area contributed by atoms with Crippen molar-refractivity contribution in [2.45, 2.75) is 10.5 Å². The summed E-state index contributed by atoms with van der Waals surface area (Å²) in [5.41, 5.74) is 0.645. The van der Waals surface area contributed by atoms with E-state index in [1.165, 1.54) is 23.9 Å².